The second kappa shape index (κ2) is 7.22. The van der Waals surface area contributed by atoms with Gasteiger partial charge in [-0.1, -0.05) is 0 Å². The van der Waals surface area contributed by atoms with Crippen LogP contribution in [0.4, 0.5) is 5.69 Å². The van der Waals surface area contributed by atoms with Gasteiger partial charge >= 0.3 is 0 Å². The van der Waals surface area contributed by atoms with E-state index in [0.717, 1.165) is 29.7 Å². The lowest BCUT2D eigenvalue weighted by atomic mass is 10.1. The number of anilines is 1. The fourth-order valence-electron chi connectivity index (χ4n) is 3.25. The Hall–Kier alpha value is -3.16. The molecule has 3 aromatic rings. The average Bonchev–Trinajstić information content (AvgIpc) is 3.22. The van der Waals surface area contributed by atoms with E-state index in [0.29, 0.717) is 24.5 Å². The number of carbonyl (C=O) groups excluding carboxylic acids is 1. The molecule has 1 N–H and O–H groups in total. The highest BCUT2D eigenvalue weighted by molar-refractivity contribution is 5.94. The Morgan fingerprint density at radius 1 is 1.19 bits per heavy atom. The van der Waals surface area contributed by atoms with Gasteiger partial charge in [-0.25, -0.2) is 9.97 Å². The van der Waals surface area contributed by atoms with Gasteiger partial charge < -0.3 is 14.5 Å². The van der Waals surface area contributed by atoms with Crippen LogP contribution in [-0.2, 0) is 0 Å². The van der Waals surface area contributed by atoms with E-state index in [9.17, 15) is 4.79 Å². The minimum absolute atomic E-state index is 0.0166. The molecule has 0 unspecified atom stereocenters. The van der Waals surface area contributed by atoms with Crippen molar-refractivity contribution in [1.82, 2.24) is 25.1 Å². The number of hydrogen-bond acceptors (Lipinski definition) is 6. The number of piperazine rings is 1. The van der Waals surface area contributed by atoms with Gasteiger partial charge in [0.15, 0.2) is 0 Å². The quantitative estimate of drug-likeness (QED) is 0.761. The first-order valence-electron chi connectivity index (χ1n) is 9.06. The summed E-state index contributed by atoms with van der Waals surface area (Å²) in [6, 6.07) is 6.12. The zero-order valence-electron chi connectivity index (χ0n) is 15.4. The Balaban J connectivity index is 1.51. The molecule has 8 heteroatoms. The van der Waals surface area contributed by atoms with E-state index in [2.05, 4.69) is 37.2 Å². The number of H-pyrrole nitrogens is 1. The molecule has 140 valence electrons. The molecule has 1 amide bonds. The summed E-state index contributed by atoms with van der Waals surface area (Å²) in [5, 5.41) is 7.44. The molecular weight excluding hydrogens is 344 g/mol. The normalized spacial score (nSPS) is 14.8. The Morgan fingerprint density at radius 2 is 2.00 bits per heavy atom. The number of aromatic nitrogens is 4. The minimum Gasteiger partial charge on any atom is -0.474 e. The van der Waals surface area contributed by atoms with E-state index < -0.39 is 0 Å². The monoisotopic (exact) mass is 366 g/mol. The third-order valence-corrected chi connectivity index (χ3v) is 4.61. The number of rotatable bonds is 4. The molecule has 4 rings (SSSR count). The van der Waals surface area contributed by atoms with Crippen molar-refractivity contribution >= 4 is 22.5 Å². The molecule has 0 bridgehead atoms. The third-order valence-electron chi connectivity index (χ3n) is 4.61. The maximum Gasteiger partial charge on any atom is 0.257 e. The lowest BCUT2D eigenvalue weighted by molar-refractivity contribution is 0.0747. The van der Waals surface area contributed by atoms with Crippen molar-refractivity contribution in [3.8, 4) is 5.88 Å². The number of benzene rings is 1. The van der Waals surface area contributed by atoms with E-state index in [1.54, 1.807) is 12.4 Å². The fourth-order valence-corrected chi connectivity index (χ4v) is 3.25. The van der Waals surface area contributed by atoms with Crippen LogP contribution >= 0.6 is 0 Å². The summed E-state index contributed by atoms with van der Waals surface area (Å²) in [6.07, 6.45) is 4.77. The summed E-state index contributed by atoms with van der Waals surface area (Å²) in [7, 11) is 0. The van der Waals surface area contributed by atoms with Crippen molar-refractivity contribution in [1.29, 1.82) is 0 Å². The number of amides is 1. The van der Waals surface area contributed by atoms with Crippen molar-refractivity contribution in [2.24, 2.45) is 0 Å². The fraction of sp³-hybridized carbons (Fsp3) is 0.368. The van der Waals surface area contributed by atoms with Gasteiger partial charge in [-0.15, -0.1) is 0 Å². The van der Waals surface area contributed by atoms with Crippen LogP contribution in [0.15, 0.2) is 36.9 Å². The summed E-state index contributed by atoms with van der Waals surface area (Å²) >= 11 is 0. The van der Waals surface area contributed by atoms with Crippen LogP contribution in [0, 0.1) is 0 Å². The molecule has 1 saturated heterocycles. The molecule has 0 spiro atoms. The predicted molar refractivity (Wildman–Crippen MR) is 102 cm³/mol. The highest BCUT2D eigenvalue weighted by atomic mass is 16.5. The first kappa shape index (κ1) is 17.3. The Morgan fingerprint density at radius 3 is 2.70 bits per heavy atom. The maximum absolute atomic E-state index is 12.4. The van der Waals surface area contributed by atoms with Gasteiger partial charge in [-0.3, -0.25) is 9.89 Å². The number of nitrogens with zero attached hydrogens (tertiary/aromatic N) is 5. The van der Waals surface area contributed by atoms with Crippen molar-refractivity contribution in [3.63, 3.8) is 0 Å². The van der Waals surface area contributed by atoms with Crippen LogP contribution in [0.2, 0.25) is 0 Å². The summed E-state index contributed by atoms with van der Waals surface area (Å²) in [5.74, 6) is 0.619. The highest BCUT2D eigenvalue weighted by Crippen LogP contribution is 2.28. The van der Waals surface area contributed by atoms with E-state index >= 15 is 0 Å². The number of ether oxygens (including phenoxy) is 1. The molecule has 1 fully saturated rings. The lowest BCUT2D eigenvalue weighted by Crippen LogP contribution is -2.48. The summed E-state index contributed by atoms with van der Waals surface area (Å²) in [4.78, 5) is 25.2. The first-order valence-corrected chi connectivity index (χ1v) is 9.06. The molecule has 0 radical (unpaired) electrons. The van der Waals surface area contributed by atoms with E-state index in [-0.39, 0.29) is 12.0 Å². The zero-order chi connectivity index (χ0) is 18.8. The van der Waals surface area contributed by atoms with E-state index in [1.165, 1.54) is 6.33 Å². The van der Waals surface area contributed by atoms with E-state index in [4.69, 9.17) is 4.74 Å². The van der Waals surface area contributed by atoms with Gasteiger partial charge in [-0.05, 0) is 32.0 Å². The van der Waals surface area contributed by atoms with Gasteiger partial charge in [0.1, 0.15) is 6.33 Å². The van der Waals surface area contributed by atoms with E-state index in [1.807, 2.05) is 24.8 Å². The third kappa shape index (κ3) is 3.55. The number of carbonyl (C=O) groups is 1. The minimum atomic E-state index is 0.0166. The summed E-state index contributed by atoms with van der Waals surface area (Å²) < 4.78 is 5.83. The molecule has 0 atom stereocenters. The van der Waals surface area contributed by atoms with Gasteiger partial charge in [0.25, 0.3) is 5.91 Å². The van der Waals surface area contributed by atoms with Crippen LogP contribution in [-0.4, -0.2) is 63.3 Å². The van der Waals surface area contributed by atoms with Crippen LogP contribution in [0.5, 0.6) is 5.88 Å². The molecule has 0 aliphatic carbocycles. The van der Waals surface area contributed by atoms with Crippen molar-refractivity contribution in [2.75, 3.05) is 31.1 Å². The maximum atomic E-state index is 12.4. The van der Waals surface area contributed by atoms with Gasteiger partial charge in [0.2, 0.25) is 5.88 Å². The molecule has 3 heterocycles. The number of hydrogen-bond donors (Lipinski definition) is 1. The Labute approximate surface area is 157 Å². The zero-order valence-corrected chi connectivity index (χ0v) is 15.4. The molecular formula is C19H22N6O2. The van der Waals surface area contributed by atoms with Gasteiger partial charge in [-0.2, -0.15) is 5.10 Å². The molecule has 2 aromatic heterocycles. The SMILES string of the molecule is CC(C)Oc1ncnc2ccc(N3CCN(C(=O)c4cn[nH]c4)CC3)cc12. The molecule has 1 aliphatic heterocycles. The van der Waals surface area contributed by atoms with Crippen LogP contribution in [0.3, 0.4) is 0 Å². The van der Waals surface area contributed by atoms with Gasteiger partial charge in [0, 0.05) is 38.1 Å². The second-order valence-corrected chi connectivity index (χ2v) is 6.81. The Bertz CT molecular complexity index is 933. The molecule has 27 heavy (non-hydrogen) atoms. The summed E-state index contributed by atoms with van der Waals surface area (Å²) in [6.45, 7) is 6.83. The molecule has 8 nitrogen and oxygen atoms in total. The largest absolute Gasteiger partial charge is 0.474 e. The van der Waals surface area contributed by atoms with Crippen LogP contribution in [0.1, 0.15) is 24.2 Å². The standard InChI is InChI=1S/C19H22N6O2/c1-13(2)27-18-16-9-15(3-4-17(16)20-12-21-18)24-5-7-25(8-6-24)19(26)14-10-22-23-11-14/h3-4,9-13H,5-8H2,1-2H3,(H,22,23). The smallest absolute Gasteiger partial charge is 0.257 e. The number of aromatic amines is 1. The second-order valence-electron chi connectivity index (χ2n) is 6.81. The number of fused-ring (bicyclic) bond motifs is 1. The number of nitrogens with one attached hydrogen (secondary N) is 1. The highest BCUT2D eigenvalue weighted by Gasteiger charge is 2.23. The lowest BCUT2D eigenvalue weighted by Gasteiger charge is -2.36. The average molecular weight is 366 g/mol. The predicted octanol–water partition coefficient (Wildman–Crippen LogP) is 2.10. The van der Waals surface area contributed by atoms with Crippen molar-refractivity contribution in [2.45, 2.75) is 20.0 Å². The first-order chi connectivity index (χ1) is 13.1. The molecule has 1 aliphatic rings. The van der Waals surface area contributed by atoms with Crippen molar-refractivity contribution < 1.29 is 9.53 Å². The molecule has 1 aromatic carbocycles. The van der Waals surface area contributed by atoms with Crippen LogP contribution < -0.4 is 9.64 Å². The summed E-state index contributed by atoms with van der Waals surface area (Å²) in [5.41, 5.74) is 2.54. The van der Waals surface area contributed by atoms with Gasteiger partial charge in [0.05, 0.1) is 28.8 Å². The van der Waals surface area contributed by atoms with Crippen LogP contribution in [0.25, 0.3) is 10.9 Å². The van der Waals surface area contributed by atoms with Crippen molar-refractivity contribution in [3.05, 3.63) is 42.5 Å². The Kier molecular flexibility index (Phi) is 4.62. The topological polar surface area (TPSA) is 87.2 Å². The molecule has 0 saturated carbocycles.